The van der Waals surface area contributed by atoms with Crippen molar-refractivity contribution < 1.29 is 4.79 Å². The van der Waals surface area contributed by atoms with Crippen molar-refractivity contribution in [3.8, 4) is 5.69 Å². The Labute approximate surface area is 157 Å². The maximum absolute atomic E-state index is 12.6. The fraction of sp³-hybridized carbons (Fsp3) is 0.250. The van der Waals surface area contributed by atoms with Gasteiger partial charge in [-0.25, -0.2) is 0 Å². The largest absolute Gasteiger partial charge is 0.325 e. The van der Waals surface area contributed by atoms with E-state index in [1.165, 1.54) is 11.8 Å². The molecule has 3 rings (SSSR count). The molecule has 0 aliphatic carbocycles. The molecule has 6 heteroatoms. The number of carbonyl (C=O) groups is 1. The van der Waals surface area contributed by atoms with Gasteiger partial charge in [-0.05, 0) is 57.0 Å². The summed E-state index contributed by atoms with van der Waals surface area (Å²) in [4.78, 5) is 12.6. The molecule has 26 heavy (non-hydrogen) atoms. The van der Waals surface area contributed by atoms with Crippen molar-refractivity contribution in [1.29, 1.82) is 0 Å². The van der Waals surface area contributed by atoms with Crippen LogP contribution in [0.15, 0.2) is 53.7 Å². The molecule has 5 nitrogen and oxygen atoms in total. The highest BCUT2D eigenvalue weighted by Gasteiger charge is 2.20. The molecule has 0 bridgehead atoms. The molecule has 2 aromatic carbocycles. The van der Waals surface area contributed by atoms with E-state index in [-0.39, 0.29) is 11.2 Å². The Balaban J connectivity index is 1.77. The average molecular weight is 366 g/mol. The molecule has 0 radical (unpaired) electrons. The Kier molecular flexibility index (Phi) is 5.42. The molecular weight excluding hydrogens is 344 g/mol. The molecule has 0 aliphatic heterocycles. The lowest BCUT2D eigenvalue weighted by Crippen LogP contribution is -2.23. The third kappa shape index (κ3) is 3.96. The fourth-order valence-corrected chi connectivity index (χ4v) is 3.52. The van der Waals surface area contributed by atoms with Crippen LogP contribution in [0.2, 0.25) is 0 Å². The van der Waals surface area contributed by atoms with Gasteiger partial charge >= 0.3 is 0 Å². The average Bonchev–Trinajstić information content (AvgIpc) is 2.99. The van der Waals surface area contributed by atoms with Gasteiger partial charge in [0, 0.05) is 11.4 Å². The van der Waals surface area contributed by atoms with Gasteiger partial charge in [0.05, 0.1) is 5.25 Å². The number of amides is 1. The Hall–Kier alpha value is -2.60. The van der Waals surface area contributed by atoms with E-state index in [4.69, 9.17) is 0 Å². The molecule has 0 saturated heterocycles. The van der Waals surface area contributed by atoms with Crippen molar-refractivity contribution in [2.75, 3.05) is 5.32 Å². The molecule has 1 aromatic heterocycles. The summed E-state index contributed by atoms with van der Waals surface area (Å²) in [6, 6.07) is 16.0. The highest BCUT2D eigenvalue weighted by molar-refractivity contribution is 8.00. The molecule has 0 fully saturated rings. The first-order valence-electron chi connectivity index (χ1n) is 8.48. The van der Waals surface area contributed by atoms with Crippen LogP contribution in [0.4, 0.5) is 5.69 Å². The van der Waals surface area contributed by atoms with Gasteiger partial charge in [-0.15, -0.1) is 10.2 Å². The highest BCUT2D eigenvalue weighted by Crippen LogP contribution is 2.26. The number of benzene rings is 2. The maximum atomic E-state index is 12.6. The van der Waals surface area contributed by atoms with Crippen LogP contribution in [0.3, 0.4) is 0 Å². The van der Waals surface area contributed by atoms with Crippen LogP contribution < -0.4 is 5.32 Å². The monoisotopic (exact) mass is 366 g/mol. The molecule has 1 atom stereocenters. The summed E-state index contributed by atoms with van der Waals surface area (Å²) in [6.45, 7) is 7.79. The second-order valence-corrected chi connectivity index (χ2v) is 7.58. The topological polar surface area (TPSA) is 59.8 Å². The minimum atomic E-state index is -0.305. The summed E-state index contributed by atoms with van der Waals surface area (Å²) in [5, 5.41) is 11.8. The van der Waals surface area contributed by atoms with Crippen LogP contribution in [0.5, 0.6) is 0 Å². The van der Waals surface area contributed by atoms with Crippen LogP contribution >= 0.6 is 11.8 Å². The number of rotatable bonds is 5. The Morgan fingerprint density at radius 3 is 2.54 bits per heavy atom. The van der Waals surface area contributed by atoms with E-state index in [2.05, 4.69) is 15.5 Å². The summed E-state index contributed by atoms with van der Waals surface area (Å²) in [5.74, 6) is 0.741. The molecule has 1 heterocycles. The zero-order valence-corrected chi connectivity index (χ0v) is 16.2. The first-order valence-corrected chi connectivity index (χ1v) is 9.36. The highest BCUT2D eigenvalue weighted by atomic mass is 32.2. The lowest BCUT2D eigenvalue weighted by molar-refractivity contribution is -0.115. The third-order valence-corrected chi connectivity index (χ3v) is 5.15. The van der Waals surface area contributed by atoms with Crippen LogP contribution in [-0.2, 0) is 4.79 Å². The molecule has 1 amide bonds. The van der Waals surface area contributed by atoms with E-state index in [1.54, 1.807) is 0 Å². The van der Waals surface area contributed by atoms with E-state index in [0.29, 0.717) is 5.16 Å². The Bertz CT molecular complexity index is 921. The molecule has 0 spiro atoms. The van der Waals surface area contributed by atoms with Crippen molar-refractivity contribution in [3.05, 3.63) is 65.5 Å². The van der Waals surface area contributed by atoms with Gasteiger partial charge in [0.15, 0.2) is 5.16 Å². The molecule has 3 aromatic rings. The predicted molar refractivity (Wildman–Crippen MR) is 106 cm³/mol. The SMILES string of the molecule is Cc1ccc(C)c(NC(=O)[C@@H](C)Sc2nnc(C)n2-c2ccccc2)c1. The zero-order valence-electron chi connectivity index (χ0n) is 15.4. The zero-order chi connectivity index (χ0) is 18.7. The van der Waals surface area contributed by atoms with Gasteiger partial charge < -0.3 is 5.32 Å². The second-order valence-electron chi connectivity index (χ2n) is 6.27. The summed E-state index contributed by atoms with van der Waals surface area (Å²) in [5.41, 5.74) is 4.00. The second kappa shape index (κ2) is 7.74. The Morgan fingerprint density at radius 2 is 1.81 bits per heavy atom. The standard InChI is InChI=1S/C20H22N4OS/c1-13-10-11-14(2)18(12-13)21-19(25)15(3)26-20-23-22-16(4)24(20)17-8-6-5-7-9-17/h5-12,15H,1-4H3,(H,21,25)/t15-/m1/s1. The summed E-state index contributed by atoms with van der Waals surface area (Å²) < 4.78 is 1.96. The van der Waals surface area contributed by atoms with Crippen molar-refractivity contribution in [3.63, 3.8) is 0 Å². The van der Waals surface area contributed by atoms with Crippen molar-refractivity contribution in [2.24, 2.45) is 0 Å². The van der Waals surface area contributed by atoms with E-state index in [1.807, 2.05) is 80.8 Å². The van der Waals surface area contributed by atoms with Crippen molar-refractivity contribution in [1.82, 2.24) is 14.8 Å². The first-order chi connectivity index (χ1) is 12.5. The molecule has 134 valence electrons. The van der Waals surface area contributed by atoms with E-state index in [0.717, 1.165) is 28.3 Å². The van der Waals surface area contributed by atoms with Gasteiger partial charge in [0.2, 0.25) is 5.91 Å². The minimum absolute atomic E-state index is 0.0519. The van der Waals surface area contributed by atoms with E-state index < -0.39 is 0 Å². The lowest BCUT2D eigenvalue weighted by Gasteiger charge is -2.14. The molecule has 0 unspecified atom stereocenters. The van der Waals surface area contributed by atoms with Crippen molar-refractivity contribution in [2.45, 2.75) is 38.1 Å². The summed E-state index contributed by atoms with van der Waals surface area (Å²) in [7, 11) is 0. The normalized spacial score (nSPS) is 12.0. The number of nitrogens with zero attached hydrogens (tertiary/aromatic N) is 3. The molecular formula is C20H22N4OS. The van der Waals surface area contributed by atoms with Gasteiger partial charge in [-0.3, -0.25) is 9.36 Å². The molecule has 1 N–H and O–H groups in total. The predicted octanol–water partition coefficient (Wildman–Crippen LogP) is 4.31. The first kappa shape index (κ1) is 18.2. The fourth-order valence-electron chi connectivity index (χ4n) is 2.61. The summed E-state index contributed by atoms with van der Waals surface area (Å²) in [6.07, 6.45) is 0. The smallest absolute Gasteiger partial charge is 0.237 e. The number of aromatic nitrogens is 3. The number of hydrogen-bond acceptors (Lipinski definition) is 4. The molecule has 0 aliphatic rings. The number of hydrogen-bond donors (Lipinski definition) is 1. The van der Waals surface area contributed by atoms with E-state index in [9.17, 15) is 4.79 Å². The maximum Gasteiger partial charge on any atom is 0.237 e. The van der Waals surface area contributed by atoms with E-state index >= 15 is 0 Å². The van der Waals surface area contributed by atoms with Gasteiger partial charge in [0.1, 0.15) is 5.82 Å². The number of para-hydroxylation sites is 1. The number of nitrogens with one attached hydrogen (secondary N) is 1. The van der Waals surface area contributed by atoms with Crippen molar-refractivity contribution >= 4 is 23.4 Å². The lowest BCUT2D eigenvalue weighted by atomic mass is 10.1. The minimum Gasteiger partial charge on any atom is -0.325 e. The number of carbonyl (C=O) groups excluding carboxylic acids is 1. The third-order valence-electron chi connectivity index (χ3n) is 4.11. The van der Waals surface area contributed by atoms with Crippen LogP contribution in [0, 0.1) is 20.8 Å². The van der Waals surface area contributed by atoms with Crippen LogP contribution in [0.1, 0.15) is 23.9 Å². The number of aryl methyl sites for hydroxylation is 3. The quantitative estimate of drug-likeness (QED) is 0.684. The van der Waals surface area contributed by atoms with Gasteiger partial charge in [-0.1, -0.05) is 42.1 Å². The molecule has 0 saturated carbocycles. The number of anilines is 1. The van der Waals surface area contributed by atoms with Crippen LogP contribution in [0.25, 0.3) is 5.69 Å². The summed E-state index contributed by atoms with van der Waals surface area (Å²) >= 11 is 1.40. The van der Waals surface area contributed by atoms with Gasteiger partial charge in [0.25, 0.3) is 0 Å². The van der Waals surface area contributed by atoms with Crippen LogP contribution in [-0.4, -0.2) is 25.9 Å². The van der Waals surface area contributed by atoms with Gasteiger partial charge in [-0.2, -0.15) is 0 Å². The number of thioether (sulfide) groups is 1. The Morgan fingerprint density at radius 1 is 1.08 bits per heavy atom.